The lowest BCUT2D eigenvalue weighted by molar-refractivity contribution is -0.132. The van der Waals surface area contributed by atoms with E-state index in [2.05, 4.69) is 4.74 Å². The summed E-state index contributed by atoms with van der Waals surface area (Å²) in [7, 11) is 0. The minimum atomic E-state index is -1.23. The number of ether oxygens (including phenoxy) is 2. The second-order valence-corrected chi connectivity index (χ2v) is 2.72. The summed E-state index contributed by atoms with van der Waals surface area (Å²) in [6.45, 7) is 2.98. The first-order valence-corrected chi connectivity index (χ1v) is 4.35. The Bertz CT molecular complexity index is 377. The number of carbonyl (C=O) groups is 1. The van der Waals surface area contributed by atoms with E-state index in [0.29, 0.717) is 0 Å². The maximum atomic E-state index is 13.2. The van der Waals surface area contributed by atoms with E-state index >= 15 is 0 Å². The summed E-state index contributed by atoms with van der Waals surface area (Å²) in [6.07, 6.45) is 0. The Kier molecular flexibility index (Phi) is 3.60. The molecule has 82 valence electrons. The smallest absolute Gasteiger partial charge is 0.308 e. The molecule has 15 heavy (non-hydrogen) atoms. The normalized spacial score (nSPS) is 9.87. The van der Waals surface area contributed by atoms with Crippen molar-refractivity contribution < 1.29 is 23.0 Å². The zero-order valence-corrected chi connectivity index (χ0v) is 8.34. The third-order valence-electron chi connectivity index (χ3n) is 1.56. The van der Waals surface area contributed by atoms with Crippen molar-refractivity contribution >= 4 is 5.97 Å². The predicted octanol–water partition coefficient (Wildman–Crippen LogP) is 2.29. The van der Waals surface area contributed by atoms with Gasteiger partial charge in [0, 0.05) is 6.92 Å². The number of hydrogen-bond acceptors (Lipinski definition) is 3. The van der Waals surface area contributed by atoms with Crippen LogP contribution < -0.4 is 9.47 Å². The van der Waals surface area contributed by atoms with E-state index in [1.165, 1.54) is 6.07 Å². The lowest BCUT2D eigenvalue weighted by Gasteiger charge is -2.07. The Morgan fingerprint density at radius 3 is 2.33 bits per heavy atom. The van der Waals surface area contributed by atoms with Crippen LogP contribution in [0.4, 0.5) is 8.78 Å². The zero-order valence-electron chi connectivity index (χ0n) is 8.34. The molecule has 0 heterocycles. The molecule has 0 aromatic heterocycles. The van der Waals surface area contributed by atoms with E-state index < -0.39 is 23.4 Å². The number of hydrogen-bond donors (Lipinski definition) is 0. The molecule has 0 unspecified atom stereocenters. The van der Waals surface area contributed by atoms with Crippen LogP contribution in [0.1, 0.15) is 13.8 Å². The first kappa shape index (κ1) is 11.4. The molecule has 5 heteroatoms. The van der Waals surface area contributed by atoms with Gasteiger partial charge in [-0.05, 0) is 19.1 Å². The molecule has 0 atom stereocenters. The first-order chi connectivity index (χ1) is 7.06. The number of halogens is 2. The second-order valence-electron chi connectivity index (χ2n) is 2.72. The van der Waals surface area contributed by atoms with E-state index in [9.17, 15) is 13.6 Å². The lowest BCUT2D eigenvalue weighted by Crippen LogP contribution is -2.05. The second kappa shape index (κ2) is 4.72. The summed E-state index contributed by atoms with van der Waals surface area (Å²) in [6, 6.07) is 2.35. The molecule has 0 amide bonds. The molecular formula is C10H10F2O3. The van der Waals surface area contributed by atoms with Crippen molar-refractivity contribution in [3.05, 3.63) is 23.8 Å². The maximum Gasteiger partial charge on any atom is 0.308 e. The molecule has 0 spiro atoms. The third kappa shape index (κ3) is 2.65. The van der Waals surface area contributed by atoms with Crippen LogP contribution >= 0.6 is 0 Å². The van der Waals surface area contributed by atoms with Crippen molar-refractivity contribution in [1.29, 1.82) is 0 Å². The molecule has 0 bridgehead atoms. The summed E-state index contributed by atoms with van der Waals surface area (Å²) < 4.78 is 35.7. The van der Waals surface area contributed by atoms with Gasteiger partial charge >= 0.3 is 5.97 Å². The van der Waals surface area contributed by atoms with Crippen molar-refractivity contribution in [2.75, 3.05) is 6.61 Å². The predicted molar refractivity (Wildman–Crippen MR) is 48.8 cm³/mol. The molecule has 0 aliphatic carbocycles. The molecule has 1 aromatic rings. The fraction of sp³-hybridized carbons (Fsp3) is 0.300. The minimum Gasteiger partial charge on any atom is -0.491 e. The first-order valence-electron chi connectivity index (χ1n) is 4.35. The quantitative estimate of drug-likeness (QED) is 0.574. The number of carbonyl (C=O) groups excluding carboxylic acids is 1. The Hall–Kier alpha value is -1.65. The van der Waals surface area contributed by atoms with Crippen LogP contribution in [-0.4, -0.2) is 12.6 Å². The molecule has 0 aliphatic rings. The topological polar surface area (TPSA) is 35.5 Å². The summed E-state index contributed by atoms with van der Waals surface area (Å²) in [5.41, 5.74) is 0. The number of esters is 1. The minimum absolute atomic E-state index is 0.203. The van der Waals surface area contributed by atoms with Crippen molar-refractivity contribution in [3.63, 3.8) is 0 Å². The Morgan fingerprint density at radius 1 is 1.27 bits per heavy atom. The van der Waals surface area contributed by atoms with Gasteiger partial charge in [0.25, 0.3) is 0 Å². The van der Waals surface area contributed by atoms with Gasteiger partial charge in [-0.3, -0.25) is 4.79 Å². The Labute approximate surface area is 85.6 Å². The molecule has 0 N–H and O–H groups in total. The van der Waals surface area contributed by atoms with Crippen molar-refractivity contribution in [1.82, 2.24) is 0 Å². The largest absolute Gasteiger partial charge is 0.491 e. The van der Waals surface area contributed by atoms with Crippen molar-refractivity contribution in [3.8, 4) is 11.5 Å². The summed E-state index contributed by atoms with van der Waals surface area (Å²) in [5.74, 6) is -3.74. The highest BCUT2D eigenvalue weighted by Crippen LogP contribution is 2.27. The van der Waals surface area contributed by atoms with Crippen LogP contribution in [0.2, 0.25) is 0 Å². The SMILES string of the molecule is CCOc1ccc(OC(C)=O)c(F)c1F. The number of benzene rings is 1. The molecule has 0 saturated heterocycles. The molecule has 0 fully saturated rings. The van der Waals surface area contributed by atoms with Crippen LogP contribution in [0.25, 0.3) is 0 Å². The molecule has 3 nitrogen and oxygen atoms in total. The van der Waals surface area contributed by atoms with E-state index in [-0.39, 0.29) is 12.4 Å². The average molecular weight is 216 g/mol. The summed E-state index contributed by atoms with van der Waals surface area (Å²) in [4.78, 5) is 10.5. The molecule has 0 saturated carbocycles. The molecule has 1 rings (SSSR count). The van der Waals surface area contributed by atoms with Gasteiger partial charge in [-0.1, -0.05) is 0 Å². The van der Waals surface area contributed by atoms with Gasteiger partial charge in [-0.25, -0.2) is 0 Å². The van der Waals surface area contributed by atoms with Crippen molar-refractivity contribution in [2.24, 2.45) is 0 Å². The van der Waals surface area contributed by atoms with E-state index in [0.717, 1.165) is 13.0 Å². The van der Waals surface area contributed by atoms with E-state index in [4.69, 9.17) is 4.74 Å². The zero-order chi connectivity index (χ0) is 11.4. The van der Waals surface area contributed by atoms with Gasteiger partial charge in [-0.2, -0.15) is 8.78 Å². The lowest BCUT2D eigenvalue weighted by atomic mass is 10.3. The van der Waals surface area contributed by atoms with E-state index in [1.54, 1.807) is 6.92 Å². The fourth-order valence-electron chi connectivity index (χ4n) is 1.01. The van der Waals surface area contributed by atoms with Crippen LogP contribution in [0.5, 0.6) is 11.5 Å². The Morgan fingerprint density at radius 2 is 1.80 bits per heavy atom. The molecule has 0 radical (unpaired) electrons. The van der Waals surface area contributed by atoms with Crippen LogP contribution in [0.15, 0.2) is 12.1 Å². The third-order valence-corrected chi connectivity index (χ3v) is 1.56. The molecule has 0 aliphatic heterocycles. The summed E-state index contributed by atoms with van der Waals surface area (Å²) in [5, 5.41) is 0. The van der Waals surface area contributed by atoms with Gasteiger partial charge in [0.05, 0.1) is 6.61 Å². The highest BCUT2D eigenvalue weighted by Gasteiger charge is 2.16. The molecule has 1 aromatic carbocycles. The highest BCUT2D eigenvalue weighted by molar-refractivity contribution is 5.69. The maximum absolute atomic E-state index is 13.2. The van der Waals surface area contributed by atoms with Gasteiger partial charge in [0.2, 0.25) is 11.6 Å². The van der Waals surface area contributed by atoms with Crippen molar-refractivity contribution in [2.45, 2.75) is 13.8 Å². The van der Waals surface area contributed by atoms with Gasteiger partial charge in [-0.15, -0.1) is 0 Å². The van der Waals surface area contributed by atoms with E-state index in [1.807, 2.05) is 0 Å². The Balaban J connectivity index is 3.03. The van der Waals surface area contributed by atoms with Gasteiger partial charge in [0.1, 0.15) is 0 Å². The highest BCUT2D eigenvalue weighted by atomic mass is 19.2. The molecular weight excluding hydrogens is 206 g/mol. The van der Waals surface area contributed by atoms with Gasteiger partial charge < -0.3 is 9.47 Å². The van der Waals surface area contributed by atoms with Crippen LogP contribution in [0, 0.1) is 11.6 Å². The monoisotopic (exact) mass is 216 g/mol. The fourth-order valence-corrected chi connectivity index (χ4v) is 1.01. The standard InChI is InChI=1S/C10H10F2O3/c1-3-14-7-4-5-8(15-6(2)13)10(12)9(7)11/h4-5H,3H2,1-2H3. The summed E-state index contributed by atoms with van der Waals surface area (Å²) >= 11 is 0. The van der Waals surface area contributed by atoms with Crippen LogP contribution in [0.3, 0.4) is 0 Å². The average Bonchev–Trinajstić information content (AvgIpc) is 2.17. The number of rotatable bonds is 3. The van der Waals surface area contributed by atoms with Gasteiger partial charge in [0.15, 0.2) is 11.5 Å². The van der Waals surface area contributed by atoms with Crippen LogP contribution in [-0.2, 0) is 4.79 Å².